The maximum atomic E-state index is 6.52. The number of guanidine groups is 1. The van der Waals surface area contributed by atoms with E-state index >= 15 is 0 Å². The van der Waals surface area contributed by atoms with Crippen LogP contribution in [0.5, 0.6) is 11.5 Å². The normalized spacial score (nSPS) is 21.2. The molecule has 0 spiro atoms. The lowest BCUT2D eigenvalue weighted by Crippen LogP contribution is -2.42. The highest BCUT2D eigenvalue weighted by atomic mass is 35.5. The van der Waals surface area contributed by atoms with Gasteiger partial charge >= 0.3 is 0 Å². The standard InChI is InChI=1S/C17H15ClN4O2/c18-12-6-7-13-15(24-10-23-13)14(12)17(19)8-9-20-16(22-17)21-11-4-2-1-3-5-11/h1-9H,10,19H2,(H2,20,21,22). The molecule has 4 rings (SSSR count). The van der Waals surface area contributed by atoms with Gasteiger partial charge in [-0.3, -0.25) is 5.73 Å². The van der Waals surface area contributed by atoms with Gasteiger partial charge in [-0.15, -0.1) is 0 Å². The van der Waals surface area contributed by atoms with Crippen molar-refractivity contribution in [1.82, 2.24) is 5.32 Å². The number of hydrogen-bond acceptors (Lipinski definition) is 6. The summed E-state index contributed by atoms with van der Waals surface area (Å²) in [4.78, 5) is 4.58. The first kappa shape index (κ1) is 14.9. The van der Waals surface area contributed by atoms with Gasteiger partial charge in [-0.1, -0.05) is 29.8 Å². The summed E-state index contributed by atoms with van der Waals surface area (Å²) in [6.07, 6.45) is 3.45. The van der Waals surface area contributed by atoms with Crippen molar-refractivity contribution in [3.05, 3.63) is 65.3 Å². The van der Waals surface area contributed by atoms with E-state index < -0.39 is 5.66 Å². The third-order valence-corrected chi connectivity index (χ3v) is 4.09. The molecule has 1 unspecified atom stereocenters. The number of halogens is 1. The summed E-state index contributed by atoms with van der Waals surface area (Å²) >= 11 is 6.38. The first-order valence-corrected chi connectivity index (χ1v) is 7.77. The molecule has 0 saturated carbocycles. The van der Waals surface area contributed by atoms with Crippen LogP contribution < -0.4 is 25.8 Å². The fourth-order valence-electron chi connectivity index (χ4n) is 2.69. The molecule has 2 aromatic rings. The number of ether oxygens (including phenoxy) is 2. The highest BCUT2D eigenvalue weighted by molar-refractivity contribution is 6.31. The molecule has 2 aromatic carbocycles. The van der Waals surface area contributed by atoms with Crippen LogP contribution in [0.25, 0.3) is 0 Å². The monoisotopic (exact) mass is 342 g/mol. The van der Waals surface area contributed by atoms with Crippen molar-refractivity contribution in [3.63, 3.8) is 0 Å². The van der Waals surface area contributed by atoms with Crippen LogP contribution in [0, 0.1) is 0 Å². The molecule has 0 amide bonds. The molecule has 2 aliphatic heterocycles. The minimum Gasteiger partial charge on any atom is -0.454 e. The van der Waals surface area contributed by atoms with E-state index in [9.17, 15) is 0 Å². The van der Waals surface area contributed by atoms with Crippen LogP contribution in [-0.2, 0) is 5.66 Å². The number of fused-ring (bicyclic) bond motifs is 1. The predicted octanol–water partition coefficient (Wildman–Crippen LogP) is 2.77. The van der Waals surface area contributed by atoms with Gasteiger partial charge in [0, 0.05) is 11.9 Å². The smallest absolute Gasteiger partial charge is 0.231 e. The van der Waals surface area contributed by atoms with Crippen LogP contribution in [0.4, 0.5) is 5.69 Å². The van der Waals surface area contributed by atoms with Crippen LogP contribution in [0.2, 0.25) is 5.02 Å². The van der Waals surface area contributed by atoms with Gasteiger partial charge in [-0.25, -0.2) is 4.99 Å². The molecular formula is C17H15ClN4O2. The van der Waals surface area contributed by atoms with Gasteiger partial charge in [0.05, 0.1) is 10.6 Å². The molecule has 6 nitrogen and oxygen atoms in total. The predicted molar refractivity (Wildman–Crippen MR) is 93.2 cm³/mol. The first-order chi connectivity index (χ1) is 11.7. The van der Waals surface area contributed by atoms with Gasteiger partial charge in [-0.05, 0) is 30.3 Å². The number of anilines is 1. The molecule has 0 radical (unpaired) electrons. The number of rotatable bonds is 2. The van der Waals surface area contributed by atoms with Crippen LogP contribution in [0.3, 0.4) is 0 Å². The van der Waals surface area contributed by atoms with E-state index in [4.69, 9.17) is 26.8 Å². The Morgan fingerprint density at radius 1 is 1.17 bits per heavy atom. The van der Waals surface area contributed by atoms with Crippen molar-refractivity contribution >= 4 is 23.2 Å². The van der Waals surface area contributed by atoms with Crippen molar-refractivity contribution in [2.75, 3.05) is 12.1 Å². The fraction of sp³-hybridized carbons (Fsp3) is 0.118. The second-order valence-corrected chi connectivity index (χ2v) is 5.82. The lowest BCUT2D eigenvalue weighted by Gasteiger charge is -2.28. The SMILES string of the molecule is NC1(c2c(Cl)ccc3c2OCO3)C=CNC(Nc2ccccc2)=N1. The zero-order chi connectivity index (χ0) is 16.6. The lowest BCUT2D eigenvalue weighted by molar-refractivity contribution is 0.172. The number of aliphatic imine (C=N–C) groups is 1. The number of nitrogens with two attached hydrogens (primary N) is 1. The number of benzene rings is 2. The zero-order valence-electron chi connectivity index (χ0n) is 12.6. The van der Waals surface area contributed by atoms with Gasteiger partial charge in [0.2, 0.25) is 12.8 Å². The fourth-order valence-corrected chi connectivity index (χ4v) is 2.99. The van der Waals surface area contributed by atoms with E-state index in [-0.39, 0.29) is 6.79 Å². The largest absolute Gasteiger partial charge is 0.454 e. The first-order valence-electron chi connectivity index (χ1n) is 7.39. The van der Waals surface area contributed by atoms with Crippen LogP contribution in [0.15, 0.2) is 59.7 Å². The molecule has 1 atom stereocenters. The van der Waals surface area contributed by atoms with E-state index in [1.165, 1.54) is 0 Å². The van der Waals surface area contributed by atoms with Gasteiger partial charge in [0.1, 0.15) is 0 Å². The summed E-state index contributed by atoms with van der Waals surface area (Å²) in [5, 5.41) is 6.70. The summed E-state index contributed by atoms with van der Waals surface area (Å²) < 4.78 is 11.0. The van der Waals surface area contributed by atoms with Crippen molar-refractivity contribution < 1.29 is 9.47 Å². The van der Waals surface area contributed by atoms with Gasteiger partial charge in [0.25, 0.3) is 0 Å². The zero-order valence-corrected chi connectivity index (χ0v) is 13.4. The molecular weight excluding hydrogens is 328 g/mol. The quantitative estimate of drug-likeness (QED) is 0.782. The van der Waals surface area contributed by atoms with Crippen molar-refractivity contribution in [3.8, 4) is 11.5 Å². The Labute approximate surface area is 143 Å². The molecule has 0 fully saturated rings. The van der Waals surface area contributed by atoms with E-state index in [2.05, 4.69) is 15.6 Å². The van der Waals surface area contributed by atoms with E-state index in [1.807, 2.05) is 30.3 Å². The Hall–Kier alpha value is -2.70. The van der Waals surface area contributed by atoms with Crippen LogP contribution >= 0.6 is 11.6 Å². The maximum absolute atomic E-state index is 6.52. The van der Waals surface area contributed by atoms with Gasteiger partial charge < -0.3 is 20.1 Å². The Morgan fingerprint density at radius 2 is 2.00 bits per heavy atom. The molecule has 2 heterocycles. The molecule has 24 heavy (non-hydrogen) atoms. The molecule has 2 aliphatic rings. The second kappa shape index (κ2) is 5.74. The van der Waals surface area contributed by atoms with E-state index in [0.29, 0.717) is 28.0 Å². The molecule has 0 bridgehead atoms. The van der Waals surface area contributed by atoms with Crippen molar-refractivity contribution in [2.45, 2.75) is 5.66 Å². The van der Waals surface area contributed by atoms with Crippen molar-refractivity contribution in [1.29, 1.82) is 0 Å². The van der Waals surface area contributed by atoms with Crippen LogP contribution in [-0.4, -0.2) is 12.8 Å². The summed E-state index contributed by atoms with van der Waals surface area (Å²) in [7, 11) is 0. The third-order valence-electron chi connectivity index (χ3n) is 3.78. The highest BCUT2D eigenvalue weighted by Crippen LogP contribution is 2.45. The Bertz CT molecular complexity index is 838. The summed E-state index contributed by atoms with van der Waals surface area (Å²) in [6.45, 7) is 0.138. The Balaban J connectivity index is 1.73. The van der Waals surface area contributed by atoms with Gasteiger partial charge in [0.15, 0.2) is 17.2 Å². The number of nitrogens with zero attached hydrogens (tertiary/aromatic N) is 1. The molecule has 7 heteroatoms. The van der Waals surface area contributed by atoms with Crippen LogP contribution in [0.1, 0.15) is 5.56 Å². The average molecular weight is 343 g/mol. The van der Waals surface area contributed by atoms with E-state index in [1.54, 1.807) is 24.4 Å². The maximum Gasteiger partial charge on any atom is 0.231 e. The Morgan fingerprint density at radius 3 is 2.83 bits per heavy atom. The number of hydrogen-bond donors (Lipinski definition) is 3. The molecule has 0 saturated heterocycles. The van der Waals surface area contributed by atoms with Crippen molar-refractivity contribution in [2.24, 2.45) is 10.7 Å². The summed E-state index contributed by atoms with van der Waals surface area (Å²) in [5.74, 6) is 1.65. The van der Waals surface area contributed by atoms with E-state index in [0.717, 1.165) is 5.69 Å². The lowest BCUT2D eigenvalue weighted by atomic mass is 9.98. The highest BCUT2D eigenvalue weighted by Gasteiger charge is 2.36. The summed E-state index contributed by atoms with van der Waals surface area (Å²) in [6, 6.07) is 13.2. The molecule has 122 valence electrons. The number of para-hydroxylation sites is 1. The average Bonchev–Trinajstić information content (AvgIpc) is 3.03. The second-order valence-electron chi connectivity index (χ2n) is 5.41. The minimum absolute atomic E-state index is 0.138. The topological polar surface area (TPSA) is 80.9 Å². The Kier molecular flexibility index (Phi) is 3.55. The minimum atomic E-state index is -1.17. The van der Waals surface area contributed by atoms with Gasteiger partial charge in [-0.2, -0.15) is 0 Å². The number of nitrogens with one attached hydrogen (secondary N) is 2. The summed E-state index contributed by atoms with van der Waals surface area (Å²) in [5.41, 5.74) is 6.82. The molecule has 4 N–H and O–H groups in total. The molecule has 0 aromatic heterocycles. The third kappa shape index (κ3) is 2.55. The molecule has 0 aliphatic carbocycles.